The average Bonchev–Trinajstić information content (AvgIpc) is 3.42. The Morgan fingerprint density at radius 1 is 1.09 bits per heavy atom. The SMILES string of the molecule is Cc1cc(C)n(Cn2nc(C)c(NC(=O)c3cc(COc4ccc(F)cc4F)cs3)c2C)n1. The van der Waals surface area contributed by atoms with Crippen molar-refractivity contribution in [1.29, 1.82) is 0 Å². The van der Waals surface area contributed by atoms with Gasteiger partial charge in [0.15, 0.2) is 11.6 Å². The predicted octanol–water partition coefficient (Wildman–Crippen LogP) is 4.99. The van der Waals surface area contributed by atoms with Gasteiger partial charge in [0, 0.05) is 17.3 Å². The molecule has 4 aromatic rings. The van der Waals surface area contributed by atoms with E-state index >= 15 is 0 Å². The van der Waals surface area contributed by atoms with Crippen molar-refractivity contribution in [2.24, 2.45) is 0 Å². The smallest absolute Gasteiger partial charge is 0.265 e. The molecule has 0 bridgehead atoms. The Bertz CT molecular complexity index is 1320. The average molecular weight is 472 g/mol. The number of aromatic nitrogens is 4. The molecular formula is C23H23F2N5O2S. The molecule has 0 saturated carbocycles. The molecule has 3 aromatic heterocycles. The van der Waals surface area contributed by atoms with Crippen molar-refractivity contribution >= 4 is 22.9 Å². The highest BCUT2D eigenvalue weighted by Crippen LogP contribution is 2.24. The number of hydrogen-bond donors (Lipinski definition) is 1. The summed E-state index contributed by atoms with van der Waals surface area (Å²) in [6.07, 6.45) is 0. The number of hydrogen-bond acceptors (Lipinski definition) is 5. The molecule has 0 atom stereocenters. The van der Waals surface area contributed by atoms with E-state index in [-0.39, 0.29) is 18.3 Å². The molecule has 4 rings (SSSR count). The molecule has 0 aliphatic carbocycles. The summed E-state index contributed by atoms with van der Waals surface area (Å²) in [6, 6.07) is 6.81. The maximum atomic E-state index is 13.7. The fourth-order valence-electron chi connectivity index (χ4n) is 3.46. The molecule has 0 spiro atoms. The van der Waals surface area contributed by atoms with Crippen molar-refractivity contribution in [2.45, 2.75) is 41.0 Å². The van der Waals surface area contributed by atoms with E-state index in [1.54, 1.807) is 16.1 Å². The third-order valence-corrected chi connectivity index (χ3v) is 6.13. The van der Waals surface area contributed by atoms with Gasteiger partial charge < -0.3 is 10.1 Å². The van der Waals surface area contributed by atoms with Gasteiger partial charge >= 0.3 is 0 Å². The number of carbonyl (C=O) groups excluding carboxylic acids is 1. The molecule has 33 heavy (non-hydrogen) atoms. The van der Waals surface area contributed by atoms with E-state index in [2.05, 4.69) is 15.5 Å². The van der Waals surface area contributed by atoms with Crippen LogP contribution in [0.2, 0.25) is 0 Å². The number of nitrogens with one attached hydrogen (secondary N) is 1. The second-order valence-electron chi connectivity index (χ2n) is 7.75. The molecule has 0 fully saturated rings. The van der Waals surface area contributed by atoms with Gasteiger partial charge in [-0.3, -0.25) is 4.79 Å². The number of thiophene rings is 1. The van der Waals surface area contributed by atoms with Crippen LogP contribution in [0.4, 0.5) is 14.5 Å². The monoisotopic (exact) mass is 471 g/mol. The Kier molecular flexibility index (Phi) is 6.28. The van der Waals surface area contributed by atoms with Gasteiger partial charge in [-0.2, -0.15) is 10.2 Å². The molecule has 10 heteroatoms. The lowest BCUT2D eigenvalue weighted by Crippen LogP contribution is -2.15. The van der Waals surface area contributed by atoms with Crippen LogP contribution >= 0.6 is 11.3 Å². The minimum Gasteiger partial charge on any atom is -0.486 e. The summed E-state index contributed by atoms with van der Waals surface area (Å²) in [6.45, 7) is 8.16. The van der Waals surface area contributed by atoms with Crippen LogP contribution in [0.15, 0.2) is 35.7 Å². The van der Waals surface area contributed by atoms with Crippen molar-refractivity contribution in [2.75, 3.05) is 5.32 Å². The maximum Gasteiger partial charge on any atom is 0.265 e. The zero-order valence-electron chi connectivity index (χ0n) is 18.6. The van der Waals surface area contributed by atoms with E-state index < -0.39 is 11.6 Å². The van der Waals surface area contributed by atoms with Crippen LogP contribution in [0.5, 0.6) is 5.75 Å². The maximum absolute atomic E-state index is 13.7. The quantitative estimate of drug-likeness (QED) is 0.412. The number of ether oxygens (including phenoxy) is 1. The summed E-state index contributed by atoms with van der Waals surface area (Å²) in [7, 11) is 0. The van der Waals surface area contributed by atoms with Gasteiger partial charge in [0.2, 0.25) is 0 Å². The molecule has 0 radical (unpaired) electrons. The first-order valence-corrected chi connectivity index (χ1v) is 11.1. The van der Waals surface area contributed by atoms with Crippen molar-refractivity contribution in [3.05, 3.63) is 80.6 Å². The van der Waals surface area contributed by atoms with E-state index in [9.17, 15) is 13.6 Å². The van der Waals surface area contributed by atoms with Gasteiger partial charge in [0.05, 0.1) is 27.6 Å². The molecular weight excluding hydrogens is 448 g/mol. The van der Waals surface area contributed by atoms with E-state index in [1.807, 2.05) is 38.4 Å². The highest BCUT2D eigenvalue weighted by molar-refractivity contribution is 7.12. The number of aryl methyl sites for hydroxylation is 3. The molecule has 172 valence electrons. The number of nitrogens with zero attached hydrogens (tertiary/aromatic N) is 4. The second kappa shape index (κ2) is 9.14. The van der Waals surface area contributed by atoms with Crippen molar-refractivity contribution in [1.82, 2.24) is 19.6 Å². The summed E-state index contributed by atoms with van der Waals surface area (Å²) in [5.41, 5.74) is 4.85. The summed E-state index contributed by atoms with van der Waals surface area (Å²) >= 11 is 1.26. The third kappa shape index (κ3) is 4.95. The lowest BCUT2D eigenvalue weighted by molar-refractivity contribution is 0.103. The first-order valence-electron chi connectivity index (χ1n) is 10.2. The zero-order chi connectivity index (χ0) is 23.7. The van der Waals surface area contributed by atoms with E-state index in [0.717, 1.165) is 29.2 Å². The van der Waals surface area contributed by atoms with Crippen LogP contribution in [-0.2, 0) is 13.3 Å². The Hall–Kier alpha value is -3.53. The number of benzene rings is 1. The van der Waals surface area contributed by atoms with E-state index in [4.69, 9.17) is 4.74 Å². The summed E-state index contributed by atoms with van der Waals surface area (Å²) in [5.74, 6) is -1.75. The highest BCUT2D eigenvalue weighted by Gasteiger charge is 2.18. The predicted molar refractivity (Wildman–Crippen MR) is 122 cm³/mol. The molecule has 1 amide bonds. The normalized spacial score (nSPS) is 11.1. The Morgan fingerprint density at radius 3 is 2.58 bits per heavy atom. The standard InChI is InChI=1S/C23H23F2N5O2S/c1-13-7-14(2)29(27-13)12-30-16(4)22(15(3)28-30)26-23(31)21-8-17(11-33-21)10-32-20-6-5-18(24)9-19(20)25/h5-9,11H,10,12H2,1-4H3,(H,26,31). The van der Waals surface area contributed by atoms with Crippen LogP contribution in [0, 0.1) is 39.3 Å². The van der Waals surface area contributed by atoms with Crippen molar-refractivity contribution in [3.8, 4) is 5.75 Å². The lowest BCUT2D eigenvalue weighted by Gasteiger charge is -2.08. The Balaban J connectivity index is 1.43. The van der Waals surface area contributed by atoms with Gasteiger partial charge in [0.1, 0.15) is 19.1 Å². The van der Waals surface area contributed by atoms with Crippen molar-refractivity contribution in [3.63, 3.8) is 0 Å². The molecule has 3 heterocycles. The molecule has 1 N–H and O–H groups in total. The van der Waals surface area contributed by atoms with Crippen LogP contribution in [0.3, 0.4) is 0 Å². The van der Waals surface area contributed by atoms with Crippen LogP contribution in [0.1, 0.15) is 38.0 Å². The van der Waals surface area contributed by atoms with Gasteiger partial charge in [-0.15, -0.1) is 11.3 Å². The fourth-order valence-corrected chi connectivity index (χ4v) is 4.25. The molecule has 1 aromatic carbocycles. The number of amides is 1. The molecule has 0 saturated heterocycles. The summed E-state index contributed by atoms with van der Waals surface area (Å²) in [4.78, 5) is 13.3. The van der Waals surface area contributed by atoms with Crippen molar-refractivity contribution < 1.29 is 18.3 Å². The first kappa shape index (κ1) is 22.7. The van der Waals surface area contributed by atoms with Crippen LogP contribution in [-0.4, -0.2) is 25.5 Å². The fraction of sp³-hybridized carbons (Fsp3) is 0.261. The number of halogens is 2. The summed E-state index contributed by atoms with van der Waals surface area (Å²) in [5, 5.41) is 13.7. The third-order valence-electron chi connectivity index (χ3n) is 5.16. The summed E-state index contributed by atoms with van der Waals surface area (Å²) < 4.78 is 35.8. The first-order chi connectivity index (χ1) is 15.7. The lowest BCUT2D eigenvalue weighted by atomic mass is 10.3. The number of carbonyl (C=O) groups is 1. The minimum atomic E-state index is -0.772. The van der Waals surface area contributed by atoms with Gasteiger partial charge in [-0.1, -0.05) is 0 Å². The van der Waals surface area contributed by atoms with E-state index in [0.29, 0.717) is 28.5 Å². The zero-order valence-corrected chi connectivity index (χ0v) is 19.5. The minimum absolute atomic E-state index is 0.0464. The number of rotatable bonds is 7. The largest absolute Gasteiger partial charge is 0.486 e. The van der Waals surface area contributed by atoms with Crippen LogP contribution in [0.25, 0.3) is 0 Å². The molecule has 0 aliphatic heterocycles. The second-order valence-corrected chi connectivity index (χ2v) is 8.66. The van der Waals surface area contributed by atoms with Gasteiger partial charge in [-0.05, 0) is 57.3 Å². The molecule has 0 aliphatic rings. The Labute approximate surface area is 193 Å². The van der Waals surface area contributed by atoms with E-state index in [1.165, 1.54) is 17.4 Å². The molecule has 0 unspecified atom stereocenters. The topological polar surface area (TPSA) is 74.0 Å². The highest BCUT2D eigenvalue weighted by atomic mass is 32.1. The van der Waals surface area contributed by atoms with Crippen LogP contribution < -0.4 is 10.1 Å². The molecule has 7 nitrogen and oxygen atoms in total. The van der Waals surface area contributed by atoms with Gasteiger partial charge in [-0.25, -0.2) is 18.1 Å². The number of anilines is 1. The van der Waals surface area contributed by atoms with Gasteiger partial charge in [0.25, 0.3) is 5.91 Å². The Morgan fingerprint density at radius 2 is 1.88 bits per heavy atom.